The van der Waals surface area contributed by atoms with Gasteiger partial charge >= 0.3 is 5.76 Å². The Hall–Kier alpha value is -3.06. The van der Waals surface area contributed by atoms with Crippen LogP contribution in [0.3, 0.4) is 0 Å². The van der Waals surface area contributed by atoms with E-state index in [1.165, 1.54) is 6.20 Å². The molecular formula is C17H13ClN4O3. The lowest BCUT2D eigenvalue weighted by molar-refractivity contribution is 0.555. The van der Waals surface area contributed by atoms with Gasteiger partial charge in [-0.15, -0.1) is 0 Å². The molecule has 3 heterocycles. The lowest BCUT2D eigenvalue weighted by atomic mass is 10.1. The molecule has 3 N–H and O–H groups in total. The number of nitrogens with zero attached hydrogens (tertiary/aromatic N) is 1. The highest BCUT2D eigenvalue weighted by Crippen LogP contribution is 2.22. The number of rotatable bonds is 3. The van der Waals surface area contributed by atoms with Crippen LogP contribution >= 0.6 is 11.6 Å². The molecule has 126 valence electrons. The van der Waals surface area contributed by atoms with Crippen LogP contribution < -0.4 is 16.6 Å². The highest BCUT2D eigenvalue weighted by molar-refractivity contribution is 6.31. The summed E-state index contributed by atoms with van der Waals surface area (Å²) in [5.74, 6) is -0.0433. The van der Waals surface area contributed by atoms with E-state index in [0.717, 1.165) is 10.9 Å². The predicted molar refractivity (Wildman–Crippen MR) is 96.2 cm³/mol. The lowest BCUT2D eigenvalue weighted by Crippen LogP contribution is -2.19. The van der Waals surface area contributed by atoms with Crippen LogP contribution in [0.25, 0.3) is 22.0 Å². The van der Waals surface area contributed by atoms with Gasteiger partial charge in [0.2, 0.25) is 0 Å². The molecule has 4 rings (SSSR count). The zero-order valence-corrected chi connectivity index (χ0v) is 13.8. The van der Waals surface area contributed by atoms with E-state index in [2.05, 4.69) is 20.3 Å². The molecule has 3 aromatic heterocycles. The van der Waals surface area contributed by atoms with E-state index in [0.29, 0.717) is 27.5 Å². The number of aromatic amines is 2. The van der Waals surface area contributed by atoms with Gasteiger partial charge in [-0.05, 0) is 31.2 Å². The number of pyridine rings is 2. The third-order valence-electron chi connectivity index (χ3n) is 3.97. The van der Waals surface area contributed by atoms with Gasteiger partial charge < -0.3 is 14.7 Å². The van der Waals surface area contributed by atoms with Gasteiger partial charge in [-0.1, -0.05) is 11.6 Å². The van der Waals surface area contributed by atoms with Crippen LogP contribution in [-0.4, -0.2) is 15.0 Å². The minimum Gasteiger partial charge on any atom is -0.408 e. The van der Waals surface area contributed by atoms with Crippen molar-refractivity contribution in [3.05, 3.63) is 68.0 Å². The standard InChI is InChI=1S/C17H13ClN4O3/c1-8(20-15-6-14-13(7-19-15)22-17(24)25-14)11-5-9-4-10(18)2-3-12(9)21-16(11)23/h2-8H,1H3,(H,19,20)(H,21,23)(H,22,24)/t8-/m0/s1. The molecule has 1 aromatic carbocycles. The maximum atomic E-state index is 12.4. The van der Waals surface area contributed by atoms with Crippen molar-refractivity contribution in [2.24, 2.45) is 0 Å². The highest BCUT2D eigenvalue weighted by atomic mass is 35.5. The summed E-state index contributed by atoms with van der Waals surface area (Å²) in [4.78, 5) is 33.2. The summed E-state index contributed by atoms with van der Waals surface area (Å²) in [5, 5.41) is 4.58. The second-order valence-corrected chi connectivity index (χ2v) is 6.17. The summed E-state index contributed by atoms with van der Waals surface area (Å²) < 4.78 is 5.02. The lowest BCUT2D eigenvalue weighted by Gasteiger charge is -2.14. The molecule has 0 aliphatic carbocycles. The second-order valence-electron chi connectivity index (χ2n) is 5.73. The number of hydrogen-bond donors (Lipinski definition) is 3. The summed E-state index contributed by atoms with van der Waals surface area (Å²) in [5.41, 5.74) is 1.99. The number of nitrogens with one attached hydrogen (secondary N) is 3. The van der Waals surface area contributed by atoms with E-state index in [4.69, 9.17) is 16.0 Å². The Morgan fingerprint density at radius 3 is 2.84 bits per heavy atom. The molecule has 0 saturated heterocycles. The molecule has 4 aromatic rings. The molecule has 7 nitrogen and oxygen atoms in total. The molecule has 1 atom stereocenters. The Morgan fingerprint density at radius 2 is 2.00 bits per heavy atom. The molecule has 0 fully saturated rings. The predicted octanol–water partition coefficient (Wildman–Crippen LogP) is 3.18. The normalized spacial score (nSPS) is 12.6. The van der Waals surface area contributed by atoms with Crippen LogP contribution in [0.2, 0.25) is 5.02 Å². The monoisotopic (exact) mass is 356 g/mol. The molecule has 0 saturated carbocycles. The number of H-pyrrole nitrogens is 2. The fourth-order valence-electron chi connectivity index (χ4n) is 2.75. The van der Waals surface area contributed by atoms with Gasteiger partial charge in [-0.2, -0.15) is 0 Å². The number of oxazole rings is 1. The molecule has 8 heteroatoms. The average Bonchev–Trinajstić information content (AvgIpc) is 2.93. The molecule has 0 unspecified atom stereocenters. The third kappa shape index (κ3) is 2.89. The van der Waals surface area contributed by atoms with Crippen molar-refractivity contribution in [3.8, 4) is 0 Å². The molecule has 0 bridgehead atoms. The quantitative estimate of drug-likeness (QED) is 0.523. The van der Waals surface area contributed by atoms with E-state index < -0.39 is 5.76 Å². The Bertz CT molecular complexity index is 1210. The van der Waals surface area contributed by atoms with Crippen molar-refractivity contribution < 1.29 is 4.42 Å². The summed E-state index contributed by atoms with van der Waals surface area (Å²) in [7, 11) is 0. The summed E-state index contributed by atoms with van der Waals surface area (Å²) in [6.45, 7) is 1.85. The van der Waals surface area contributed by atoms with Gasteiger partial charge in [0.1, 0.15) is 11.3 Å². The average molecular weight is 357 g/mol. The van der Waals surface area contributed by atoms with Gasteiger partial charge in [0.15, 0.2) is 5.58 Å². The molecule has 0 radical (unpaired) electrons. The molecular weight excluding hydrogens is 344 g/mol. The first-order valence-corrected chi connectivity index (χ1v) is 7.95. The van der Waals surface area contributed by atoms with Crippen LogP contribution in [0.1, 0.15) is 18.5 Å². The first-order chi connectivity index (χ1) is 12.0. The summed E-state index contributed by atoms with van der Waals surface area (Å²) in [6.07, 6.45) is 1.50. The van der Waals surface area contributed by atoms with Crippen molar-refractivity contribution in [2.75, 3.05) is 5.32 Å². The molecule has 0 spiro atoms. The van der Waals surface area contributed by atoms with Crippen LogP contribution in [0.5, 0.6) is 0 Å². The molecule has 0 amide bonds. The molecule has 0 aliphatic rings. The third-order valence-corrected chi connectivity index (χ3v) is 4.21. The van der Waals surface area contributed by atoms with Crippen LogP contribution in [0.15, 0.2) is 50.5 Å². The van der Waals surface area contributed by atoms with E-state index >= 15 is 0 Å². The smallest absolute Gasteiger partial charge is 0.408 e. The van der Waals surface area contributed by atoms with Crippen molar-refractivity contribution in [2.45, 2.75) is 13.0 Å². The topological polar surface area (TPSA) is 104 Å². The number of anilines is 1. The van der Waals surface area contributed by atoms with Crippen molar-refractivity contribution >= 4 is 39.4 Å². The molecule has 25 heavy (non-hydrogen) atoms. The van der Waals surface area contributed by atoms with Gasteiger partial charge in [-0.3, -0.25) is 9.78 Å². The number of aromatic nitrogens is 3. The van der Waals surface area contributed by atoms with Gasteiger partial charge in [0, 0.05) is 27.6 Å². The minimum atomic E-state index is -0.537. The highest BCUT2D eigenvalue weighted by Gasteiger charge is 2.13. The first-order valence-electron chi connectivity index (χ1n) is 7.57. The fraction of sp³-hybridized carbons (Fsp3) is 0.118. The van der Waals surface area contributed by atoms with Crippen molar-refractivity contribution in [1.82, 2.24) is 15.0 Å². The van der Waals surface area contributed by atoms with Crippen LogP contribution in [0, 0.1) is 0 Å². The number of benzene rings is 1. The maximum Gasteiger partial charge on any atom is 0.417 e. The van der Waals surface area contributed by atoms with E-state index in [9.17, 15) is 9.59 Å². The van der Waals surface area contributed by atoms with Crippen molar-refractivity contribution in [3.63, 3.8) is 0 Å². The van der Waals surface area contributed by atoms with Gasteiger partial charge in [-0.25, -0.2) is 9.78 Å². The SMILES string of the molecule is C[C@H](Nc1cc2oc(=O)[nH]c2cn1)c1cc2cc(Cl)ccc2[nH]c1=O. The number of halogens is 1. The minimum absolute atomic E-state index is 0.191. The zero-order valence-electron chi connectivity index (χ0n) is 13.1. The van der Waals surface area contributed by atoms with Gasteiger partial charge in [0.25, 0.3) is 5.56 Å². The van der Waals surface area contributed by atoms with E-state index in [1.807, 2.05) is 6.92 Å². The maximum absolute atomic E-state index is 12.4. The van der Waals surface area contributed by atoms with E-state index in [-0.39, 0.29) is 11.6 Å². The number of fused-ring (bicyclic) bond motifs is 2. The van der Waals surface area contributed by atoms with Crippen LogP contribution in [-0.2, 0) is 0 Å². The molecule has 0 aliphatic heterocycles. The largest absolute Gasteiger partial charge is 0.417 e. The second kappa shape index (κ2) is 5.78. The Morgan fingerprint density at radius 1 is 1.16 bits per heavy atom. The summed E-state index contributed by atoms with van der Waals surface area (Å²) in [6, 6.07) is 8.38. The van der Waals surface area contributed by atoms with Crippen molar-refractivity contribution in [1.29, 1.82) is 0 Å². The van der Waals surface area contributed by atoms with Gasteiger partial charge in [0.05, 0.1) is 12.2 Å². The van der Waals surface area contributed by atoms with Crippen LogP contribution in [0.4, 0.5) is 5.82 Å². The zero-order chi connectivity index (χ0) is 17.6. The fourth-order valence-corrected chi connectivity index (χ4v) is 2.93. The number of hydrogen-bond acceptors (Lipinski definition) is 5. The summed E-state index contributed by atoms with van der Waals surface area (Å²) >= 11 is 6.02. The Kier molecular flexibility index (Phi) is 3.58. The first kappa shape index (κ1) is 15.5. The van der Waals surface area contributed by atoms with E-state index in [1.54, 1.807) is 30.3 Å². The Balaban J connectivity index is 1.70. The Labute approximate surface area is 145 Å².